The molecule has 0 aliphatic heterocycles. The zero-order valence-corrected chi connectivity index (χ0v) is 19.5. The zero-order valence-electron chi connectivity index (χ0n) is 17.0. The zero-order chi connectivity index (χ0) is 20.4. The van der Waals surface area contributed by atoms with Crippen molar-refractivity contribution < 1.29 is 0 Å². The van der Waals surface area contributed by atoms with Gasteiger partial charge in [0.15, 0.2) is 11.0 Å². The van der Waals surface area contributed by atoms with Crippen molar-refractivity contribution in [2.45, 2.75) is 51.1 Å². The Kier molecular flexibility index (Phi) is 6.18. The van der Waals surface area contributed by atoms with Gasteiger partial charge in [-0.25, -0.2) is 4.98 Å². The van der Waals surface area contributed by atoms with Crippen LogP contribution < -0.4 is 0 Å². The van der Waals surface area contributed by atoms with Gasteiger partial charge in [-0.2, -0.15) is 0 Å². The van der Waals surface area contributed by atoms with E-state index in [0.717, 1.165) is 39.4 Å². The van der Waals surface area contributed by atoms with Crippen molar-refractivity contribution in [1.82, 2.24) is 19.7 Å². The van der Waals surface area contributed by atoms with E-state index in [1.165, 1.54) is 16.0 Å². The summed E-state index contributed by atoms with van der Waals surface area (Å²) < 4.78 is 2.24. The molecule has 3 heterocycles. The van der Waals surface area contributed by atoms with E-state index in [1.807, 2.05) is 0 Å². The second-order valence-corrected chi connectivity index (χ2v) is 9.97. The Morgan fingerprint density at radius 2 is 1.93 bits per heavy atom. The maximum absolute atomic E-state index is 4.85. The van der Waals surface area contributed by atoms with Crippen molar-refractivity contribution in [2.24, 2.45) is 0 Å². The molecule has 0 radical (unpaired) electrons. The van der Waals surface area contributed by atoms with E-state index in [1.54, 1.807) is 34.4 Å². The van der Waals surface area contributed by atoms with Gasteiger partial charge in [0.1, 0.15) is 5.01 Å². The number of aromatic nitrogens is 4. The summed E-state index contributed by atoms with van der Waals surface area (Å²) >= 11 is 5.20. The van der Waals surface area contributed by atoms with Crippen LogP contribution in [0.5, 0.6) is 0 Å². The molecule has 0 unspecified atom stereocenters. The summed E-state index contributed by atoms with van der Waals surface area (Å²) in [7, 11) is 0. The molecule has 0 N–H and O–H groups in total. The Morgan fingerprint density at radius 3 is 2.66 bits per heavy atom. The van der Waals surface area contributed by atoms with Gasteiger partial charge in [-0.1, -0.05) is 43.0 Å². The predicted molar refractivity (Wildman–Crippen MR) is 125 cm³/mol. The van der Waals surface area contributed by atoms with E-state index in [2.05, 4.69) is 83.6 Å². The van der Waals surface area contributed by atoms with Gasteiger partial charge in [0, 0.05) is 38.6 Å². The predicted octanol–water partition coefficient (Wildman–Crippen LogP) is 6.87. The molecule has 4 aromatic rings. The van der Waals surface area contributed by atoms with Crippen LogP contribution in [0.15, 0.2) is 46.2 Å². The maximum Gasteiger partial charge on any atom is 0.192 e. The Morgan fingerprint density at radius 1 is 1.10 bits per heavy atom. The van der Waals surface area contributed by atoms with E-state index < -0.39 is 0 Å². The Balaban J connectivity index is 1.54. The lowest BCUT2D eigenvalue weighted by Gasteiger charge is -2.12. The third kappa shape index (κ3) is 4.32. The van der Waals surface area contributed by atoms with Gasteiger partial charge in [0.05, 0.1) is 5.69 Å². The molecular weight excluding hydrogens is 416 g/mol. The lowest BCUT2D eigenvalue weighted by Crippen LogP contribution is -2.04. The summed E-state index contributed by atoms with van der Waals surface area (Å²) in [6.07, 6.45) is 1.05. The van der Waals surface area contributed by atoms with Gasteiger partial charge in [0.25, 0.3) is 0 Å². The van der Waals surface area contributed by atoms with Crippen LogP contribution in [0.2, 0.25) is 0 Å². The Labute approximate surface area is 184 Å². The lowest BCUT2D eigenvalue weighted by molar-refractivity contribution is 0.555. The van der Waals surface area contributed by atoms with E-state index in [4.69, 9.17) is 4.98 Å². The van der Waals surface area contributed by atoms with Gasteiger partial charge in [0.2, 0.25) is 0 Å². The fraction of sp³-hybridized carbons (Fsp3) is 0.318. The van der Waals surface area contributed by atoms with Crippen LogP contribution in [0.25, 0.3) is 22.0 Å². The first kappa shape index (κ1) is 20.3. The minimum atomic E-state index is 0.297. The average molecular weight is 441 g/mol. The van der Waals surface area contributed by atoms with Crippen LogP contribution in [0.1, 0.15) is 42.9 Å². The second-order valence-electron chi connectivity index (χ2n) is 7.17. The molecule has 29 heavy (non-hydrogen) atoms. The molecular formula is C22H24N4S3. The number of nitrogens with zero attached hydrogens (tertiary/aromatic N) is 4. The van der Waals surface area contributed by atoms with Gasteiger partial charge in [-0.05, 0) is 38.8 Å². The monoisotopic (exact) mass is 440 g/mol. The lowest BCUT2D eigenvalue weighted by atomic mass is 10.1. The van der Waals surface area contributed by atoms with Crippen LogP contribution in [0.3, 0.4) is 0 Å². The normalized spacial score (nSPS) is 11.5. The molecule has 4 nitrogen and oxygen atoms in total. The van der Waals surface area contributed by atoms with Gasteiger partial charge < -0.3 is 0 Å². The fourth-order valence-electron chi connectivity index (χ4n) is 3.17. The maximum atomic E-state index is 4.85. The third-order valence-electron chi connectivity index (χ3n) is 4.72. The molecule has 7 heteroatoms. The van der Waals surface area contributed by atoms with Gasteiger partial charge >= 0.3 is 0 Å². The molecule has 1 aromatic carbocycles. The molecule has 0 amide bonds. The second kappa shape index (κ2) is 8.81. The molecule has 3 aromatic heterocycles. The highest BCUT2D eigenvalue weighted by Crippen LogP contribution is 2.33. The summed E-state index contributed by atoms with van der Waals surface area (Å²) in [5.74, 6) is 1.74. The molecule has 0 fully saturated rings. The smallest absolute Gasteiger partial charge is 0.192 e. The number of thiazole rings is 1. The largest absolute Gasteiger partial charge is 0.299 e. The van der Waals surface area contributed by atoms with Crippen LogP contribution in [-0.4, -0.2) is 19.7 Å². The molecule has 0 bridgehead atoms. The fourth-order valence-corrected chi connectivity index (χ4v) is 5.96. The first-order chi connectivity index (χ1) is 14.1. The van der Waals surface area contributed by atoms with Crippen molar-refractivity contribution in [3.8, 4) is 22.0 Å². The molecule has 150 valence electrons. The highest BCUT2D eigenvalue weighted by molar-refractivity contribution is 7.98. The Bertz CT molecular complexity index is 1110. The number of thiophene rings is 1. The minimum absolute atomic E-state index is 0.297. The molecule has 4 rings (SSSR count). The number of aryl methyl sites for hydroxylation is 2. The third-order valence-corrected chi connectivity index (χ3v) is 7.70. The van der Waals surface area contributed by atoms with Crippen LogP contribution >= 0.6 is 34.4 Å². The Hall–Kier alpha value is -1.96. The number of thioether (sulfide) groups is 1. The van der Waals surface area contributed by atoms with Crippen LogP contribution in [-0.2, 0) is 12.2 Å². The summed E-state index contributed by atoms with van der Waals surface area (Å²) in [6, 6.07) is 10.9. The molecule has 0 aliphatic carbocycles. The van der Waals surface area contributed by atoms with Crippen LogP contribution in [0, 0.1) is 6.92 Å². The van der Waals surface area contributed by atoms with Crippen molar-refractivity contribution in [3.05, 3.63) is 57.2 Å². The quantitative estimate of drug-likeness (QED) is 0.294. The van der Waals surface area contributed by atoms with E-state index in [9.17, 15) is 0 Å². The summed E-state index contributed by atoms with van der Waals surface area (Å²) in [5.41, 5.74) is 4.72. The van der Waals surface area contributed by atoms with Gasteiger partial charge in [-0.15, -0.1) is 32.9 Å². The first-order valence-electron chi connectivity index (χ1n) is 9.72. The SMILES string of the molecule is CCc1cc(-c2nnc(SCc3csc(-c4ccccc4C)n3)n2C(C)C)cs1. The summed E-state index contributed by atoms with van der Waals surface area (Å²) in [4.78, 5) is 6.23. The highest BCUT2D eigenvalue weighted by Gasteiger charge is 2.18. The van der Waals surface area contributed by atoms with Crippen molar-refractivity contribution in [3.63, 3.8) is 0 Å². The molecule has 0 atom stereocenters. The number of benzene rings is 1. The topological polar surface area (TPSA) is 43.6 Å². The molecule has 0 spiro atoms. The van der Waals surface area contributed by atoms with E-state index in [-0.39, 0.29) is 0 Å². The van der Waals surface area contributed by atoms with E-state index in [0.29, 0.717) is 6.04 Å². The van der Waals surface area contributed by atoms with Gasteiger partial charge in [-0.3, -0.25) is 4.57 Å². The minimum Gasteiger partial charge on any atom is -0.299 e. The summed E-state index contributed by atoms with van der Waals surface area (Å²) in [5, 5.41) is 15.4. The molecule has 0 saturated heterocycles. The number of hydrogen-bond acceptors (Lipinski definition) is 6. The average Bonchev–Trinajstić information content (AvgIpc) is 3.45. The van der Waals surface area contributed by atoms with Crippen molar-refractivity contribution in [1.29, 1.82) is 0 Å². The van der Waals surface area contributed by atoms with Crippen molar-refractivity contribution >= 4 is 34.4 Å². The standard InChI is InChI=1S/C22H24N4S3/c1-5-18-10-16(11-27-18)20-24-25-22(26(20)14(2)3)29-13-17-12-28-21(23-17)19-9-7-6-8-15(19)4/h6-12,14H,5,13H2,1-4H3. The molecule has 0 saturated carbocycles. The van der Waals surface area contributed by atoms with Crippen molar-refractivity contribution in [2.75, 3.05) is 0 Å². The number of rotatable bonds is 7. The van der Waals surface area contributed by atoms with E-state index >= 15 is 0 Å². The molecule has 0 aliphatic rings. The first-order valence-corrected chi connectivity index (χ1v) is 12.5. The summed E-state index contributed by atoms with van der Waals surface area (Å²) in [6.45, 7) is 8.68. The van der Waals surface area contributed by atoms with Crippen LogP contribution in [0.4, 0.5) is 0 Å². The number of hydrogen-bond donors (Lipinski definition) is 0. The highest BCUT2D eigenvalue weighted by atomic mass is 32.2.